The van der Waals surface area contributed by atoms with Gasteiger partial charge in [0.25, 0.3) is 11.5 Å². The van der Waals surface area contributed by atoms with Crippen molar-refractivity contribution in [1.82, 2.24) is 24.0 Å². The average Bonchev–Trinajstić information content (AvgIpc) is 2.77. The van der Waals surface area contributed by atoms with Crippen LogP contribution in [0.4, 0.5) is 5.69 Å². The zero-order valence-corrected chi connectivity index (χ0v) is 19.1. The van der Waals surface area contributed by atoms with E-state index in [1.165, 1.54) is 17.8 Å². The highest BCUT2D eigenvalue weighted by molar-refractivity contribution is 5.95. The second kappa shape index (κ2) is 9.33. The van der Waals surface area contributed by atoms with Crippen molar-refractivity contribution in [3.8, 4) is 5.75 Å². The predicted octanol–water partition coefficient (Wildman–Crippen LogP) is -0.365. The summed E-state index contributed by atoms with van der Waals surface area (Å²) in [6, 6.07) is 0. The van der Waals surface area contributed by atoms with E-state index >= 15 is 0 Å². The predicted molar refractivity (Wildman–Crippen MR) is 118 cm³/mol. The lowest BCUT2D eigenvalue weighted by atomic mass is 10.2. The molecule has 11 heteroatoms. The Hall–Kier alpha value is -3.50. The van der Waals surface area contributed by atoms with Crippen molar-refractivity contribution in [3.63, 3.8) is 0 Å². The number of hydrogen-bond donors (Lipinski definition) is 1. The maximum atomic E-state index is 13.2. The minimum absolute atomic E-state index is 0.0238. The van der Waals surface area contributed by atoms with Crippen molar-refractivity contribution in [2.24, 2.45) is 12.0 Å². The number of carbonyl (C=O) groups is 2. The number of aromatic hydroxyl groups is 1. The molecule has 0 bridgehead atoms. The van der Waals surface area contributed by atoms with Crippen LogP contribution in [0.15, 0.2) is 16.1 Å². The molecular formula is C21H29N7O4. The number of ketones is 1. The smallest absolute Gasteiger partial charge is 0.278 e. The Morgan fingerprint density at radius 1 is 1.19 bits per heavy atom. The summed E-state index contributed by atoms with van der Waals surface area (Å²) >= 11 is 0. The lowest BCUT2D eigenvalue weighted by Crippen LogP contribution is -2.52. The third-order valence-corrected chi connectivity index (χ3v) is 5.65. The van der Waals surface area contributed by atoms with Crippen molar-refractivity contribution < 1.29 is 14.7 Å². The minimum atomic E-state index is -0.372. The summed E-state index contributed by atoms with van der Waals surface area (Å²) in [5.74, 6) is -0.621. The summed E-state index contributed by atoms with van der Waals surface area (Å²) in [5, 5.41) is 10.1. The Bertz CT molecular complexity index is 1170. The third kappa shape index (κ3) is 4.14. The number of anilines is 1. The van der Waals surface area contributed by atoms with Gasteiger partial charge < -0.3 is 19.5 Å². The van der Waals surface area contributed by atoms with E-state index < -0.39 is 0 Å². The summed E-state index contributed by atoms with van der Waals surface area (Å²) in [7, 11) is 3.24. The molecule has 2 aromatic rings. The van der Waals surface area contributed by atoms with E-state index in [9.17, 15) is 19.5 Å². The molecule has 1 fully saturated rings. The lowest BCUT2D eigenvalue weighted by molar-refractivity contribution is -0.117. The second-order valence-electron chi connectivity index (χ2n) is 7.76. The molecule has 3 rings (SSSR count). The van der Waals surface area contributed by atoms with E-state index in [2.05, 4.69) is 15.0 Å². The maximum absolute atomic E-state index is 13.2. The van der Waals surface area contributed by atoms with E-state index in [0.717, 1.165) is 5.69 Å². The topological polar surface area (TPSA) is 126 Å². The number of aryl methyl sites for hydroxylation is 1. The highest BCUT2D eigenvalue weighted by Crippen LogP contribution is 2.22. The summed E-state index contributed by atoms with van der Waals surface area (Å²) < 4.78 is 3.25. The van der Waals surface area contributed by atoms with Gasteiger partial charge in [0.2, 0.25) is 5.62 Å². The van der Waals surface area contributed by atoms with E-state index in [-0.39, 0.29) is 35.2 Å². The van der Waals surface area contributed by atoms with Crippen LogP contribution >= 0.6 is 0 Å². The number of aromatic nitrogens is 4. The molecule has 0 radical (unpaired) electrons. The van der Waals surface area contributed by atoms with Crippen molar-refractivity contribution >= 4 is 17.4 Å². The van der Waals surface area contributed by atoms with Crippen LogP contribution in [-0.4, -0.2) is 74.0 Å². The number of Topliss-reactive ketones (excluding diaryl/α,β-unsaturated/α-hetero) is 1. The van der Waals surface area contributed by atoms with Crippen molar-refractivity contribution in [1.29, 1.82) is 0 Å². The normalized spacial score (nSPS) is 14.7. The number of amides is 1. The molecule has 3 heterocycles. The van der Waals surface area contributed by atoms with Gasteiger partial charge in [-0.15, -0.1) is 0 Å². The van der Waals surface area contributed by atoms with Crippen LogP contribution in [0.5, 0.6) is 5.75 Å². The molecule has 32 heavy (non-hydrogen) atoms. The van der Waals surface area contributed by atoms with Gasteiger partial charge >= 0.3 is 0 Å². The van der Waals surface area contributed by atoms with E-state index in [1.54, 1.807) is 30.5 Å². The largest absolute Gasteiger partial charge is 0.504 e. The zero-order valence-electron chi connectivity index (χ0n) is 19.1. The molecule has 0 aliphatic carbocycles. The molecule has 0 saturated carbocycles. The van der Waals surface area contributed by atoms with Gasteiger partial charge in [0, 0.05) is 40.3 Å². The van der Waals surface area contributed by atoms with Crippen LogP contribution in [0.1, 0.15) is 35.7 Å². The fraction of sp³-hybridized carbons (Fsp3) is 0.524. The first-order valence-corrected chi connectivity index (χ1v) is 10.5. The van der Waals surface area contributed by atoms with E-state index in [4.69, 9.17) is 0 Å². The number of nitrogens with zero attached hydrogens (tertiary/aromatic N) is 7. The number of piperazine rings is 1. The molecule has 0 atom stereocenters. The molecule has 1 saturated heterocycles. The SMILES string of the molecule is CCc1c(N2CCN(C(=O)c3ncnc(C)c3O)CC2)c(=O)n(C)c(=NC)n1CC(C)=O. The van der Waals surface area contributed by atoms with Crippen LogP contribution < -0.4 is 16.1 Å². The summed E-state index contributed by atoms with van der Waals surface area (Å²) in [6.07, 6.45) is 1.80. The molecule has 1 aliphatic heterocycles. The number of hydrogen-bond acceptors (Lipinski definition) is 8. The highest BCUT2D eigenvalue weighted by Gasteiger charge is 2.29. The molecule has 0 aromatic carbocycles. The Labute approximate surface area is 185 Å². The molecule has 2 aromatic heterocycles. The van der Waals surface area contributed by atoms with Gasteiger partial charge in [-0.05, 0) is 20.3 Å². The van der Waals surface area contributed by atoms with Crippen LogP contribution in [0, 0.1) is 6.92 Å². The Morgan fingerprint density at radius 3 is 2.41 bits per heavy atom. The van der Waals surface area contributed by atoms with Crippen molar-refractivity contribution in [2.75, 3.05) is 38.1 Å². The molecule has 0 unspecified atom stereocenters. The molecular weight excluding hydrogens is 414 g/mol. The van der Waals surface area contributed by atoms with Crippen LogP contribution in [0.2, 0.25) is 0 Å². The Morgan fingerprint density at radius 2 is 1.84 bits per heavy atom. The van der Waals surface area contributed by atoms with Crippen molar-refractivity contribution in [3.05, 3.63) is 39.4 Å². The number of carbonyl (C=O) groups excluding carboxylic acids is 2. The van der Waals surface area contributed by atoms with Crippen LogP contribution in [0.3, 0.4) is 0 Å². The quantitative estimate of drug-likeness (QED) is 0.668. The van der Waals surface area contributed by atoms with Gasteiger partial charge in [0.05, 0.1) is 17.9 Å². The van der Waals surface area contributed by atoms with E-state index in [0.29, 0.717) is 49.6 Å². The molecule has 1 N–H and O–H groups in total. The van der Waals surface area contributed by atoms with Gasteiger partial charge in [-0.2, -0.15) is 0 Å². The zero-order chi connectivity index (χ0) is 23.6. The summed E-state index contributed by atoms with van der Waals surface area (Å²) in [6.45, 7) is 6.77. The average molecular weight is 444 g/mol. The van der Waals surface area contributed by atoms with Crippen LogP contribution in [-0.2, 0) is 24.8 Å². The second-order valence-corrected chi connectivity index (χ2v) is 7.76. The first-order valence-electron chi connectivity index (χ1n) is 10.5. The van der Waals surface area contributed by atoms with E-state index in [1.807, 2.05) is 11.8 Å². The first kappa shape index (κ1) is 23.2. The monoisotopic (exact) mass is 443 g/mol. The third-order valence-electron chi connectivity index (χ3n) is 5.65. The standard InChI is InChI=1S/C21H29N7O4/c1-6-15-17(20(32)25(5)21(22-4)28(15)11-13(2)29)26-7-9-27(10-8-26)19(31)16-18(30)14(3)23-12-24-16/h12,30H,6-11H2,1-5H3. The van der Waals surface area contributed by atoms with Gasteiger partial charge in [-0.25, -0.2) is 9.97 Å². The summed E-state index contributed by atoms with van der Waals surface area (Å²) in [4.78, 5) is 53.6. The van der Waals surface area contributed by atoms with Gasteiger partial charge in [0.15, 0.2) is 11.4 Å². The lowest BCUT2D eigenvalue weighted by Gasteiger charge is -2.37. The first-order chi connectivity index (χ1) is 15.2. The van der Waals surface area contributed by atoms with Gasteiger partial charge in [0.1, 0.15) is 17.8 Å². The molecule has 1 amide bonds. The Balaban J connectivity index is 1.93. The fourth-order valence-corrected chi connectivity index (χ4v) is 4.04. The molecule has 172 valence electrons. The van der Waals surface area contributed by atoms with Crippen molar-refractivity contribution in [2.45, 2.75) is 33.7 Å². The summed E-state index contributed by atoms with van der Waals surface area (Å²) in [5.41, 5.74) is 1.84. The molecule has 1 aliphatic rings. The number of rotatable bonds is 5. The van der Waals surface area contributed by atoms with Crippen LogP contribution in [0.25, 0.3) is 0 Å². The molecule has 11 nitrogen and oxygen atoms in total. The van der Waals surface area contributed by atoms with Gasteiger partial charge in [-0.1, -0.05) is 6.92 Å². The maximum Gasteiger partial charge on any atom is 0.278 e. The minimum Gasteiger partial charge on any atom is -0.504 e. The highest BCUT2D eigenvalue weighted by atomic mass is 16.3. The van der Waals surface area contributed by atoms with Gasteiger partial charge in [-0.3, -0.25) is 23.9 Å². The molecule has 0 spiro atoms. The fourth-order valence-electron chi connectivity index (χ4n) is 4.04. The Kier molecular flexibility index (Phi) is 6.75.